The Morgan fingerprint density at radius 3 is 2.22 bits per heavy atom. The van der Waals surface area contributed by atoms with Gasteiger partial charge >= 0.3 is 5.63 Å². The third-order valence-corrected chi connectivity index (χ3v) is 9.08. The van der Waals surface area contributed by atoms with E-state index in [2.05, 4.69) is 39.8 Å². The van der Waals surface area contributed by atoms with E-state index in [4.69, 9.17) is 20.0 Å². The summed E-state index contributed by atoms with van der Waals surface area (Å²) in [7, 11) is -0.550. The maximum absolute atomic E-state index is 11.7. The van der Waals surface area contributed by atoms with Crippen LogP contribution in [0.15, 0.2) is 21.3 Å². The van der Waals surface area contributed by atoms with Crippen molar-refractivity contribution < 1.29 is 13.6 Å². The molecule has 1 aromatic heterocycles. The molecule has 0 amide bonds. The Morgan fingerprint density at radius 1 is 1.22 bits per heavy atom. The van der Waals surface area contributed by atoms with E-state index in [1.165, 1.54) is 13.2 Å². The molecule has 128 valence electrons. The second-order valence-electron chi connectivity index (χ2n) is 7.83. The standard InChI is InChI=1S/C18H28O4Si/c1-10-14(22-23(8,9)17(2,3)4)18(5,6)15-11-13(20-7)12-16(19)21-15/h1,11-12,14H,2-9H3. The van der Waals surface area contributed by atoms with Gasteiger partial charge < -0.3 is 13.6 Å². The number of methoxy groups -OCH3 is 1. The molecule has 23 heavy (non-hydrogen) atoms. The van der Waals surface area contributed by atoms with Gasteiger partial charge in [0.05, 0.1) is 18.6 Å². The van der Waals surface area contributed by atoms with Crippen molar-refractivity contribution in [2.24, 2.45) is 0 Å². The first-order valence-corrected chi connectivity index (χ1v) is 10.6. The normalized spacial score (nSPS) is 14.2. The Labute approximate surface area is 140 Å². The van der Waals surface area contributed by atoms with Crippen LogP contribution in [0.1, 0.15) is 40.4 Å². The van der Waals surface area contributed by atoms with Gasteiger partial charge in [0, 0.05) is 6.07 Å². The minimum absolute atomic E-state index is 0.0351. The Morgan fingerprint density at radius 2 is 1.78 bits per heavy atom. The average molecular weight is 337 g/mol. The second-order valence-corrected chi connectivity index (χ2v) is 12.6. The minimum Gasteiger partial charge on any atom is -0.496 e. The molecule has 0 bridgehead atoms. The van der Waals surface area contributed by atoms with Gasteiger partial charge in [0.25, 0.3) is 0 Å². The first kappa shape index (κ1) is 19.5. The summed E-state index contributed by atoms with van der Waals surface area (Å²) in [5, 5.41) is 0.0351. The number of ether oxygens (including phenoxy) is 1. The second kappa shape index (κ2) is 6.54. The molecule has 1 rings (SSSR count). The molecule has 0 saturated heterocycles. The van der Waals surface area contributed by atoms with Gasteiger partial charge in [-0.1, -0.05) is 26.7 Å². The lowest BCUT2D eigenvalue weighted by Gasteiger charge is -2.41. The molecule has 0 spiro atoms. The molecule has 0 radical (unpaired) electrons. The summed E-state index contributed by atoms with van der Waals surface area (Å²) in [5.74, 6) is 3.65. The highest BCUT2D eigenvalue weighted by Gasteiger charge is 2.44. The lowest BCUT2D eigenvalue weighted by molar-refractivity contribution is 0.140. The molecule has 0 aliphatic heterocycles. The maximum Gasteiger partial charge on any atom is 0.339 e. The highest BCUT2D eigenvalue weighted by molar-refractivity contribution is 6.74. The van der Waals surface area contributed by atoms with Crippen LogP contribution in [0.3, 0.4) is 0 Å². The minimum atomic E-state index is -2.06. The summed E-state index contributed by atoms with van der Waals surface area (Å²) in [6.45, 7) is 14.6. The van der Waals surface area contributed by atoms with Crippen LogP contribution in [-0.4, -0.2) is 21.5 Å². The van der Waals surface area contributed by atoms with E-state index in [0.29, 0.717) is 11.5 Å². The lowest BCUT2D eigenvalue weighted by Crippen LogP contribution is -2.48. The monoisotopic (exact) mass is 336 g/mol. The molecule has 0 N–H and O–H groups in total. The maximum atomic E-state index is 11.7. The zero-order valence-corrected chi connectivity index (χ0v) is 16.4. The van der Waals surface area contributed by atoms with Crippen LogP contribution in [-0.2, 0) is 9.84 Å². The van der Waals surface area contributed by atoms with Crippen molar-refractivity contribution in [1.82, 2.24) is 0 Å². The summed E-state index contributed by atoms with van der Waals surface area (Å²) in [4.78, 5) is 11.7. The zero-order valence-electron chi connectivity index (χ0n) is 15.4. The molecule has 1 heterocycles. The number of rotatable bonds is 5. The van der Waals surface area contributed by atoms with Crippen molar-refractivity contribution in [1.29, 1.82) is 0 Å². The zero-order chi connectivity index (χ0) is 18.1. The summed E-state index contributed by atoms with van der Waals surface area (Å²) >= 11 is 0. The third-order valence-electron chi connectivity index (χ3n) is 4.64. The SMILES string of the molecule is C#CC(O[Si](C)(C)C(C)(C)C)C(C)(C)c1cc(OC)cc(=O)o1. The van der Waals surface area contributed by atoms with E-state index < -0.39 is 25.5 Å². The van der Waals surface area contributed by atoms with E-state index in [0.717, 1.165) is 0 Å². The molecule has 0 fully saturated rings. The van der Waals surface area contributed by atoms with Gasteiger partial charge in [-0.25, -0.2) is 4.79 Å². The number of hydrogen-bond donors (Lipinski definition) is 0. The van der Waals surface area contributed by atoms with Crippen LogP contribution in [0.5, 0.6) is 5.75 Å². The molecule has 0 aliphatic carbocycles. The van der Waals surface area contributed by atoms with Crippen LogP contribution in [0, 0.1) is 12.3 Å². The Kier molecular flexibility index (Phi) is 5.56. The van der Waals surface area contributed by atoms with E-state index >= 15 is 0 Å². The largest absolute Gasteiger partial charge is 0.496 e. The van der Waals surface area contributed by atoms with E-state index in [9.17, 15) is 4.79 Å². The number of terminal acetylenes is 1. The van der Waals surface area contributed by atoms with Crippen molar-refractivity contribution >= 4 is 8.32 Å². The quantitative estimate of drug-likeness (QED) is 0.603. The average Bonchev–Trinajstić information content (AvgIpc) is 2.42. The Balaban J connectivity index is 3.26. The molecule has 5 heteroatoms. The summed E-state index contributed by atoms with van der Waals surface area (Å²) in [6.07, 6.45) is 5.25. The molecule has 0 saturated carbocycles. The summed E-state index contributed by atoms with van der Waals surface area (Å²) < 4.78 is 16.9. The van der Waals surface area contributed by atoms with Crippen molar-refractivity contribution in [2.45, 2.75) is 64.3 Å². The highest BCUT2D eigenvalue weighted by atomic mass is 28.4. The van der Waals surface area contributed by atoms with Gasteiger partial charge in [0.1, 0.15) is 17.6 Å². The fourth-order valence-corrected chi connectivity index (χ4v) is 3.19. The predicted octanol–water partition coefficient (Wildman–Crippen LogP) is 3.95. The topological polar surface area (TPSA) is 48.7 Å². The van der Waals surface area contributed by atoms with Gasteiger partial charge in [0.2, 0.25) is 0 Å². The Hall–Kier alpha value is -1.51. The molecule has 4 nitrogen and oxygen atoms in total. The van der Waals surface area contributed by atoms with Crippen LogP contribution in [0.2, 0.25) is 18.1 Å². The highest BCUT2D eigenvalue weighted by Crippen LogP contribution is 2.40. The predicted molar refractivity (Wildman–Crippen MR) is 95.5 cm³/mol. The van der Waals surface area contributed by atoms with Gasteiger partial charge in [-0.15, -0.1) is 6.42 Å². The van der Waals surface area contributed by atoms with Crippen molar-refractivity contribution in [3.63, 3.8) is 0 Å². The molecule has 1 atom stereocenters. The van der Waals surface area contributed by atoms with Crippen LogP contribution in [0.25, 0.3) is 0 Å². The summed E-state index contributed by atoms with van der Waals surface area (Å²) in [5.41, 5.74) is -1.12. The Bertz CT molecular complexity index is 644. The van der Waals surface area contributed by atoms with Crippen LogP contribution in [0.4, 0.5) is 0 Å². The van der Waals surface area contributed by atoms with Gasteiger partial charge in [-0.2, -0.15) is 0 Å². The molecular weight excluding hydrogens is 308 g/mol. The molecule has 0 aromatic carbocycles. The van der Waals surface area contributed by atoms with Crippen molar-refractivity contribution in [3.8, 4) is 18.1 Å². The van der Waals surface area contributed by atoms with Crippen molar-refractivity contribution in [3.05, 3.63) is 28.3 Å². The summed E-state index contributed by atoms with van der Waals surface area (Å²) in [6, 6.07) is 3.00. The van der Waals surface area contributed by atoms with Crippen molar-refractivity contribution in [2.75, 3.05) is 7.11 Å². The smallest absolute Gasteiger partial charge is 0.339 e. The lowest BCUT2D eigenvalue weighted by atomic mass is 9.84. The molecule has 1 aromatic rings. The van der Waals surface area contributed by atoms with Gasteiger partial charge in [0.15, 0.2) is 8.32 Å². The molecular formula is C18H28O4Si. The fourth-order valence-electron chi connectivity index (χ4n) is 1.88. The van der Waals surface area contributed by atoms with Crippen LogP contribution >= 0.6 is 0 Å². The first-order valence-electron chi connectivity index (χ1n) is 7.69. The van der Waals surface area contributed by atoms with Gasteiger partial charge in [-0.3, -0.25) is 0 Å². The number of hydrogen-bond acceptors (Lipinski definition) is 4. The first-order chi connectivity index (χ1) is 10.3. The molecule has 1 unspecified atom stereocenters. The third kappa shape index (κ3) is 4.27. The van der Waals surface area contributed by atoms with Gasteiger partial charge in [-0.05, 0) is 32.0 Å². The fraction of sp³-hybridized carbons (Fsp3) is 0.611. The van der Waals surface area contributed by atoms with E-state index in [1.807, 2.05) is 13.8 Å². The molecule has 0 aliphatic rings. The van der Waals surface area contributed by atoms with E-state index in [1.54, 1.807) is 6.07 Å². The van der Waals surface area contributed by atoms with Crippen LogP contribution < -0.4 is 10.4 Å². The van der Waals surface area contributed by atoms with E-state index in [-0.39, 0.29) is 5.04 Å².